The molecule has 5 heteroatoms. The molecule has 0 amide bonds. The predicted molar refractivity (Wildman–Crippen MR) is 57.7 cm³/mol. The molecule has 16 heavy (non-hydrogen) atoms. The van der Waals surface area contributed by atoms with E-state index in [0.29, 0.717) is 0 Å². The zero-order chi connectivity index (χ0) is 12.2. The number of aliphatic hydroxyl groups is 4. The van der Waals surface area contributed by atoms with Crippen molar-refractivity contribution in [2.45, 2.75) is 63.1 Å². The summed E-state index contributed by atoms with van der Waals surface area (Å²) in [6, 6.07) is 0. The Kier molecular flexibility index (Phi) is 5.14. The first-order valence-corrected chi connectivity index (χ1v) is 5.92. The van der Waals surface area contributed by atoms with Gasteiger partial charge in [-0.3, -0.25) is 0 Å². The Bertz CT molecular complexity index is 211. The molecule has 0 aromatic carbocycles. The Balaban J connectivity index is 2.43. The monoisotopic (exact) mass is 234 g/mol. The first-order valence-electron chi connectivity index (χ1n) is 5.92. The van der Waals surface area contributed by atoms with Crippen molar-refractivity contribution >= 4 is 0 Å². The van der Waals surface area contributed by atoms with Crippen molar-refractivity contribution in [2.24, 2.45) is 0 Å². The molecular weight excluding hydrogens is 212 g/mol. The summed E-state index contributed by atoms with van der Waals surface area (Å²) in [6.07, 6.45) is 0.185. The highest BCUT2D eigenvalue weighted by Gasteiger charge is 2.47. The van der Waals surface area contributed by atoms with Crippen molar-refractivity contribution in [3.05, 3.63) is 0 Å². The Morgan fingerprint density at radius 1 is 1.19 bits per heavy atom. The molecule has 1 fully saturated rings. The van der Waals surface area contributed by atoms with Gasteiger partial charge in [-0.25, -0.2) is 0 Å². The Morgan fingerprint density at radius 3 is 2.50 bits per heavy atom. The van der Waals surface area contributed by atoms with Gasteiger partial charge < -0.3 is 25.2 Å². The largest absolute Gasteiger partial charge is 0.388 e. The molecule has 0 bridgehead atoms. The number of hydrogen-bond donors (Lipinski definition) is 4. The van der Waals surface area contributed by atoms with Crippen LogP contribution in [0.3, 0.4) is 0 Å². The lowest BCUT2D eigenvalue weighted by Crippen LogP contribution is -2.60. The molecule has 1 unspecified atom stereocenters. The predicted octanol–water partition coefficient (Wildman–Crippen LogP) is -0.242. The minimum Gasteiger partial charge on any atom is -0.388 e. The molecule has 0 aromatic rings. The molecule has 0 radical (unpaired) electrons. The van der Waals surface area contributed by atoms with E-state index in [4.69, 9.17) is 4.74 Å². The van der Waals surface area contributed by atoms with Crippen molar-refractivity contribution in [3.8, 4) is 0 Å². The van der Waals surface area contributed by atoms with Crippen molar-refractivity contribution < 1.29 is 25.2 Å². The fourth-order valence-electron chi connectivity index (χ4n) is 1.92. The molecule has 1 rings (SSSR count). The SMILES string of the molecule is CCCCCCC1(O)OC[C@@H](O)[C@H](O)[C@H]1O. The third kappa shape index (κ3) is 3.15. The summed E-state index contributed by atoms with van der Waals surface area (Å²) in [5, 5.41) is 38.3. The van der Waals surface area contributed by atoms with E-state index in [1.807, 2.05) is 0 Å². The van der Waals surface area contributed by atoms with E-state index in [1.165, 1.54) is 0 Å². The van der Waals surface area contributed by atoms with Crippen LogP contribution in [0.25, 0.3) is 0 Å². The number of aliphatic hydroxyl groups excluding tert-OH is 3. The highest BCUT2D eigenvalue weighted by Crippen LogP contribution is 2.28. The van der Waals surface area contributed by atoms with Gasteiger partial charge in [0.05, 0.1) is 6.61 Å². The molecule has 0 spiro atoms. The lowest BCUT2D eigenvalue weighted by Gasteiger charge is -2.41. The van der Waals surface area contributed by atoms with Crippen molar-refractivity contribution in [1.82, 2.24) is 0 Å². The van der Waals surface area contributed by atoms with Gasteiger partial charge in [-0.15, -0.1) is 0 Å². The zero-order valence-corrected chi connectivity index (χ0v) is 9.67. The molecule has 5 nitrogen and oxygen atoms in total. The van der Waals surface area contributed by atoms with Gasteiger partial charge in [-0.05, 0) is 6.42 Å². The minimum atomic E-state index is -1.72. The molecule has 96 valence electrons. The van der Waals surface area contributed by atoms with Crippen molar-refractivity contribution in [2.75, 3.05) is 6.61 Å². The molecule has 4 N–H and O–H groups in total. The minimum absolute atomic E-state index is 0.150. The van der Waals surface area contributed by atoms with Crippen molar-refractivity contribution in [1.29, 1.82) is 0 Å². The molecule has 1 aliphatic heterocycles. The van der Waals surface area contributed by atoms with Gasteiger partial charge in [-0.1, -0.05) is 26.2 Å². The maximum Gasteiger partial charge on any atom is 0.194 e. The van der Waals surface area contributed by atoms with Crippen LogP contribution in [0.5, 0.6) is 0 Å². The summed E-state index contributed by atoms with van der Waals surface area (Å²) in [5.41, 5.74) is 0. The smallest absolute Gasteiger partial charge is 0.194 e. The van der Waals surface area contributed by atoms with Gasteiger partial charge in [0, 0.05) is 6.42 Å². The second kappa shape index (κ2) is 5.93. The van der Waals surface area contributed by atoms with Gasteiger partial charge >= 0.3 is 0 Å². The molecular formula is C11H22O5. The van der Waals surface area contributed by atoms with E-state index in [0.717, 1.165) is 25.7 Å². The number of unbranched alkanes of at least 4 members (excludes halogenated alkanes) is 3. The van der Waals surface area contributed by atoms with Crippen LogP contribution in [0.1, 0.15) is 39.0 Å². The second-order valence-electron chi connectivity index (χ2n) is 4.47. The number of hydrogen-bond acceptors (Lipinski definition) is 5. The van der Waals surface area contributed by atoms with Crippen LogP contribution >= 0.6 is 0 Å². The first-order chi connectivity index (χ1) is 7.51. The zero-order valence-electron chi connectivity index (χ0n) is 9.67. The first kappa shape index (κ1) is 13.9. The van der Waals surface area contributed by atoms with Crippen LogP contribution in [-0.4, -0.2) is 51.1 Å². The molecule has 4 atom stereocenters. The van der Waals surface area contributed by atoms with Gasteiger partial charge in [0.25, 0.3) is 0 Å². The topological polar surface area (TPSA) is 90.2 Å². The standard InChI is InChI=1S/C11H22O5/c1-2-3-4-5-6-11(15)10(14)9(13)8(12)7-16-11/h8-10,12-15H,2-7H2,1H3/t8-,9+,10-,11?/m1/s1. The van der Waals surface area contributed by atoms with Crippen LogP contribution in [0.15, 0.2) is 0 Å². The van der Waals surface area contributed by atoms with E-state index in [9.17, 15) is 20.4 Å². The summed E-state index contributed by atoms with van der Waals surface area (Å²) >= 11 is 0. The summed E-state index contributed by atoms with van der Waals surface area (Å²) in [5.74, 6) is -1.72. The Morgan fingerprint density at radius 2 is 1.88 bits per heavy atom. The average Bonchev–Trinajstić information content (AvgIpc) is 2.28. The van der Waals surface area contributed by atoms with E-state index in [2.05, 4.69) is 6.92 Å². The fourth-order valence-corrected chi connectivity index (χ4v) is 1.92. The summed E-state index contributed by atoms with van der Waals surface area (Å²) in [7, 11) is 0. The Labute approximate surface area is 95.7 Å². The second-order valence-corrected chi connectivity index (χ2v) is 4.47. The summed E-state index contributed by atoms with van der Waals surface area (Å²) < 4.78 is 5.04. The van der Waals surface area contributed by atoms with Crippen molar-refractivity contribution in [3.63, 3.8) is 0 Å². The van der Waals surface area contributed by atoms with Crippen LogP contribution in [-0.2, 0) is 4.74 Å². The molecule has 0 aromatic heterocycles. The van der Waals surface area contributed by atoms with Gasteiger partial charge in [0.1, 0.15) is 18.3 Å². The van der Waals surface area contributed by atoms with Crippen LogP contribution in [0.2, 0.25) is 0 Å². The average molecular weight is 234 g/mol. The van der Waals surface area contributed by atoms with Crippen LogP contribution in [0.4, 0.5) is 0 Å². The summed E-state index contributed by atoms with van der Waals surface area (Å²) in [4.78, 5) is 0. The molecule has 1 saturated heterocycles. The molecule has 1 heterocycles. The molecule has 0 aliphatic carbocycles. The Hall–Kier alpha value is -0.200. The maximum absolute atomic E-state index is 9.98. The van der Waals surface area contributed by atoms with E-state index in [1.54, 1.807) is 0 Å². The van der Waals surface area contributed by atoms with E-state index in [-0.39, 0.29) is 13.0 Å². The van der Waals surface area contributed by atoms with Gasteiger partial charge in [0.15, 0.2) is 5.79 Å². The number of rotatable bonds is 5. The van der Waals surface area contributed by atoms with Gasteiger partial charge in [0.2, 0.25) is 0 Å². The normalized spacial score (nSPS) is 39.9. The fraction of sp³-hybridized carbons (Fsp3) is 1.00. The molecule has 1 aliphatic rings. The van der Waals surface area contributed by atoms with E-state index >= 15 is 0 Å². The molecule has 0 saturated carbocycles. The quantitative estimate of drug-likeness (QED) is 0.493. The van der Waals surface area contributed by atoms with Gasteiger partial charge in [-0.2, -0.15) is 0 Å². The van der Waals surface area contributed by atoms with Crippen LogP contribution < -0.4 is 0 Å². The number of ether oxygens (including phenoxy) is 1. The highest BCUT2D eigenvalue weighted by molar-refractivity contribution is 4.91. The van der Waals surface area contributed by atoms with Crippen LogP contribution in [0, 0.1) is 0 Å². The van der Waals surface area contributed by atoms with E-state index < -0.39 is 24.1 Å². The highest BCUT2D eigenvalue weighted by atomic mass is 16.6. The third-order valence-electron chi connectivity index (χ3n) is 3.07. The maximum atomic E-state index is 9.98. The summed E-state index contributed by atoms with van der Waals surface area (Å²) in [6.45, 7) is 1.93. The lowest BCUT2D eigenvalue weighted by molar-refractivity contribution is -0.323. The third-order valence-corrected chi connectivity index (χ3v) is 3.07. The lowest BCUT2D eigenvalue weighted by atomic mass is 9.92.